The van der Waals surface area contributed by atoms with Gasteiger partial charge < -0.3 is 10.2 Å². The number of hydrogen-bond donors (Lipinski definition) is 1. The van der Waals surface area contributed by atoms with E-state index < -0.39 is 27.8 Å². The lowest BCUT2D eigenvalue weighted by molar-refractivity contribution is -0.134. The second-order valence-electron chi connectivity index (χ2n) is 7.01. The van der Waals surface area contributed by atoms with Crippen molar-refractivity contribution in [1.82, 2.24) is 14.5 Å². The quantitative estimate of drug-likeness (QED) is 0.702. The van der Waals surface area contributed by atoms with Crippen molar-refractivity contribution in [2.45, 2.75) is 17.9 Å². The van der Waals surface area contributed by atoms with Crippen LogP contribution in [0.5, 0.6) is 0 Å². The van der Waals surface area contributed by atoms with Gasteiger partial charge in [-0.3, -0.25) is 9.59 Å². The lowest BCUT2D eigenvalue weighted by Gasteiger charge is -2.35. The van der Waals surface area contributed by atoms with Crippen LogP contribution in [0.4, 0.5) is 4.39 Å². The Morgan fingerprint density at radius 2 is 1.65 bits per heavy atom. The van der Waals surface area contributed by atoms with Crippen molar-refractivity contribution in [1.29, 1.82) is 0 Å². The summed E-state index contributed by atoms with van der Waals surface area (Å²) in [6, 6.07) is 8.71. The van der Waals surface area contributed by atoms with Crippen molar-refractivity contribution in [3.8, 4) is 0 Å². The third-order valence-electron chi connectivity index (χ3n) is 4.90. The van der Waals surface area contributed by atoms with Crippen molar-refractivity contribution in [2.75, 3.05) is 26.2 Å². The van der Waals surface area contributed by atoms with Gasteiger partial charge in [0.05, 0.1) is 9.92 Å². The van der Waals surface area contributed by atoms with E-state index in [9.17, 15) is 22.4 Å². The van der Waals surface area contributed by atoms with E-state index in [1.807, 2.05) is 0 Å². The molecule has 1 aliphatic heterocycles. The average Bonchev–Trinajstić information content (AvgIpc) is 2.75. The number of amides is 2. The summed E-state index contributed by atoms with van der Waals surface area (Å²) < 4.78 is 40.1. The Balaban J connectivity index is 1.59. The number of sulfonamides is 1. The van der Waals surface area contributed by atoms with Crippen LogP contribution in [-0.4, -0.2) is 61.7 Å². The predicted octanol–water partition coefficient (Wildman–Crippen LogP) is 2.78. The van der Waals surface area contributed by atoms with Crippen LogP contribution >= 0.6 is 23.2 Å². The number of nitrogens with one attached hydrogen (secondary N) is 1. The van der Waals surface area contributed by atoms with Crippen molar-refractivity contribution in [3.63, 3.8) is 0 Å². The average molecular weight is 488 g/mol. The number of nitrogens with zero attached hydrogens (tertiary/aromatic N) is 2. The van der Waals surface area contributed by atoms with Crippen molar-refractivity contribution < 1.29 is 22.4 Å². The third-order valence-corrected chi connectivity index (χ3v) is 7.34. The van der Waals surface area contributed by atoms with Crippen LogP contribution in [-0.2, 0) is 14.8 Å². The van der Waals surface area contributed by atoms with Crippen molar-refractivity contribution >= 4 is 45.0 Å². The zero-order chi connectivity index (χ0) is 22.8. The van der Waals surface area contributed by atoms with Crippen molar-refractivity contribution in [3.05, 3.63) is 63.9 Å². The zero-order valence-electron chi connectivity index (χ0n) is 16.5. The highest BCUT2D eigenvalue weighted by Crippen LogP contribution is 2.23. The fraction of sp³-hybridized carbons (Fsp3) is 0.300. The molecule has 11 heteroatoms. The molecule has 1 unspecified atom stereocenters. The molecule has 0 aromatic heterocycles. The normalized spacial score (nSPS) is 16.1. The summed E-state index contributed by atoms with van der Waals surface area (Å²) in [5.41, 5.74) is 0.373. The molecule has 2 aromatic rings. The SMILES string of the molecule is CC(NC(=O)c1ccc(Cl)cc1)C(=O)N1CCN(S(=O)(=O)c2ccc(F)c(Cl)c2)CC1. The number of benzene rings is 2. The molecule has 1 fully saturated rings. The molecular weight excluding hydrogens is 468 g/mol. The Morgan fingerprint density at radius 1 is 1.03 bits per heavy atom. The van der Waals surface area contributed by atoms with Gasteiger partial charge in [-0.2, -0.15) is 4.31 Å². The van der Waals surface area contributed by atoms with E-state index in [4.69, 9.17) is 23.2 Å². The van der Waals surface area contributed by atoms with Gasteiger partial charge in [0.2, 0.25) is 15.9 Å². The molecular formula is C20H20Cl2FN3O4S. The van der Waals surface area contributed by atoms with Gasteiger partial charge in [-0.15, -0.1) is 0 Å². The largest absolute Gasteiger partial charge is 0.341 e. The number of halogens is 3. The second-order valence-corrected chi connectivity index (χ2v) is 9.79. The first-order chi connectivity index (χ1) is 14.6. The van der Waals surface area contributed by atoms with Crippen LogP contribution in [0, 0.1) is 5.82 Å². The molecule has 0 aliphatic carbocycles. The molecule has 31 heavy (non-hydrogen) atoms. The minimum absolute atomic E-state index is 0.0704. The van der Waals surface area contributed by atoms with Gasteiger partial charge in [-0.1, -0.05) is 23.2 Å². The highest BCUT2D eigenvalue weighted by molar-refractivity contribution is 7.89. The van der Waals surface area contributed by atoms with Gasteiger partial charge in [-0.25, -0.2) is 12.8 Å². The smallest absolute Gasteiger partial charge is 0.251 e. The highest BCUT2D eigenvalue weighted by atomic mass is 35.5. The van der Waals surface area contributed by atoms with Crippen LogP contribution in [0.15, 0.2) is 47.4 Å². The van der Waals surface area contributed by atoms with Crippen LogP contribution in [0.25, 0.3) is 0 Å². The number of carbonyl (C=O) groups is 2. The lowest BCUT2D eigenvalue weighted by atomic mass is 10.2. The van der Waals surface area contributed by atoms with E-state index >= 15 is 0 Å². The van der Waals surface area contributed by atoms with Crippen LogP contribution in [0.2, 0.25) is 10.0 Å². The molecule has 1 aliphatic rings. The summed E-state index contributed by atoms with van der Waals surface area (Å²) in [5.74, 6) is -1.43. The molecule has 1 atom stereocenters. The maximum absolute atomic E-state index is 13.3. The Kier molecular flexibility index (Phi) is 7.20. The van der Waals surface area contributed by atoms with E-state index in [1.165, 1.54) is 9.21 Å². The molecule has 0 spiro atoms. The summed E-state index contributed by atoms with van der Waals surface area (Å²) in [7, 11) is -3.87. The molecule has 7 nitrogen and oxygen atoms in total. The second kappa shape index (κ2) is 9.52. The summed E-state index contributed by atoms with van der Waals surface area (Å²) in [6.45, 7) is 2.03. The minimum atomic E-state index is -3.87. The number of carbonyl (C=O) groups excluding carboxylic acids is 2. The summed E-state index contributed by atoms with van der Waals surface area (Å²) in [5, 5.41) is 2.86. The summed E-state index contributed by atoms with van der Waals surface area (Å²) in [4.78, 5) is 26.4. The molecule has 0 radical (unpaired) electrons. The molecule has 2 aromatic carbocycles. The topological polar surface area (TPSA) is 86.8 Å². The fourth-order valence-corrected chi connectivity index (χ4v) is 4.97. The first kappa shape index (κ1) is 23.5. The standard InChI is InChI=1S/C20H20Cl2FN3O4S/c1-13(24-19(27)14-2-4-15(21)5-3-14)20(28)25-8-10-26(11-9-25)31(29,30)16-6-7-18(23)17(22)12-16/h2-7,12-13H,8-11H2,1H3,(H,24,27). The van der Waals surface area contributed by atoms with Gasteiger partial charge >= 0.3 is 0 Å². The Morgan fingerprint density at radius 3 is 2.23 bits per heavy atom. The molecule has 0 bridgehead atoms. The van der Waals surface area contributed by atoms with Crippen LogP contribution in [0.3, 0.4) is 0 Å². The Hall–Kier alpha value is -2.20. The minimum Gasteiger partial charge on any atom is -0.341 e. The maximum atomic E-state index is 13.3. The Bertz CT molecular complexity index is 1090. The fourth-order valence-electron chi connectivity index (χ4n) is 3.15. The molecule has 3 rings (SSSR count). The number of hydrogen-bond acceptors (Lipinski definition) is 4. The number of piperazine rings is 1. The van der Waals surface area contributed by atoms with Gasteiger partial charge in [-0.05, 0) is 49.4 Å². The van der Waals surface area contributed by atoms with Gasteiger partial charge in [0.1, 0.15) is 11.9 Å². The van der Waals surface area contributed by atoms with E-state index in [0.717, 1.165) is 18.2 Å². The van der Waals surface area contributed by atoms with Crippen LogP contribution < -0.4 is 5.32 Å². The van der Waals surface area contributed by atoms with E-state index in [1.54, 1.807) is 31.2 Å². The maximum Gasteiger partial charge on any atom is 0.251 e. The van der Waals surface area contributed by atoms with Gasteiger partial charge in [0.25, 0.3) is 5.91 Å². The van der Waals surface area contributed by atoms with Gasteiger partial charge in [0.15, 0.2) is 0 Å². The molecule has 1 heterocycles. The van der Waals surface area contributed by atoms with E-state index in [0.29, 0.717) is 10.6 Å². The third kappa shape index (κ3) is 5.35. The molecule has 2 amide bonds. The molecule has 1 N–H and O–H groups in total. The Labute approximate surface area is 189 Å². The summed E-state index contributed by atoms with van der Waals surface area (Å²) in [6.07, 6.45) is 0. The molecule has 0 saturated carbocycles. The lowest BCUT2D eigenvalue weighted by Crippen LogP contribution is -2.55. The van der Waals surface area contributed by atoms with E-state index in [2.05, 4.69) is 5.32 Å². The van der Waals surface area contributed by atoms with Crippen LogP contribution in [0.1, 0.15) is 17.3 Å². The first-order valence-electron chi connectivity index (χ1n) is 9.40. The zero-order valence-corrected chi connectivity index (χ0v) is 18.8. The summed E-state index contributed by atoms with van der Waals surface area (Å²) >= 11 is 11.5. The molecule has 166 valence electrons. The van der Waals surface area contributed by atoms with Gasteiger partial charge in [0, 0.05) is 36.8 Å². The molecule has 1 saturated heterocycles. The first-order valence-corrected chi connectivity index (χ1v) is 11.6. The van der Waals surface area contributed by atoms with Crippen molar-refractivity contribution in [2.24, 2.45) is 0 Å². The predicted molar refractivity (Wildman–Crippen MR) is 115 cm³/mol. The number of rotatable bonds is 5. The monoisotopic (exact) mass is 487 g/mol. The van der Waals surface area contributed by atoms with E-state index in [-0.39, 0.29) is 42.0 Å². The highest BCUT2D eigenvalue weighted by Gasteiger charge is 2.32.